The Morgan fingerprint density at radius 2 is 1.66 bits per heavy atom. The first kappa shape index (κ1) is 21.5. The van der Waals surface area contributed by atoms with E-state index in [1.807, 2.05) is 0 Å². The lowest BCUT2D eigenvalue weighted by Crippen LogP contribution is -2.26. The first-order valence-corrected chi connectivity index (χ1v) is 9.67. The van der Waals surface area contributed by atoms with Crippen LogP contribution in [0.2, 0.25) is 20.1 Å². The Morgan fingerprint density at radius 1 is 1.00 bits per heavy atom. The van der Waals surface area contributed by atoms with Gasteiger partial charge in [-0.15, -0.1) is 0 Å². The maximum atomic E-state index is 12.4. The van der Waals surface area contributed by atoms with Crippen molar-refractivity contribution in [2.24, 2.45) is 0 Å². The fourth-order valence-corrected chi connectivity index (χ4v) is 3.78. The smallest absolute Gasteiger partial charge is 0.341 e. The molecular weight excluding hydrogens is 462 g/mol. The molecule has 1 heterocycles. The van der Waals surface area contributed by atoms with E-state index in [4.69, 9.17) is 51.5 Å². The number of amides is 1. The molecule has 0 aliphatic heterocycles. The lowest BCUT2D eigenvalue weighted by molar-refractivity contribution is -0.120. The van der Waals surface area contributed by atoms with Crippen LogP contribution in [0.4, 0.5) is 0 Å². The van der Waals surface area contributed by atoms with Crippen LogP contribution in [-0.4, -0.2) is 22.0 Å². The number of aromatic amines is 1. The highest BCUT2D eigenvalue weighted by Crippen LogP contribution is 2.32. The van der Waals surface area contributed by atoms with Crippen molar-refractivity contribution in [1.82, 2.24) is 10.3 Å². The molecule has 3 aromatic rings. The van der Waals surface area contributed by atoms with Crippen molar-refractivity contribution < 1.29 is 14.7 Å². The molecule has 6 nitrogen and oxygen atoms in total. The number of H-pyrrole nitrogens is 1. The van der Waals surface area contributed by atoms with E-state index in [2.05, 4.69) is 10.3 Å². The number of carboxylic acid groups (broad SMARTS) is 1. The van der Waals surface area contributed by atoms with Gasteiger partial charge in [-0.3, -0.25) is 9.59 Å². The molecule has 0 unspecified atom stereocenters. The number of pyridine rings is 1. The van der Waals surface area contributed by atoms with E-state index in [0.717, 1.165) is 0 Å². The fraction of sp³-hybridized carbons (Fsp3) is 0.105. The maximum Gasteiger partial charge on any atom is 0.341 e. The molecule has 0 saturated heterocycles. The lowest BCUT2D eigenvalue weighted by Gasteiger charge is -2.13. The topological polar surface area (TPSA) is 99.3 Å². The average Bonchev–Trinajstić information content (AvgIpc) is 2.65. The summed E-state index contributed by atoms with van der Waals surface area (Å²) in [5.41, 5.74) is -0.111. The first-order chi connectivity index (χ1) is 13.7. The number of aromatic carboxylic acids is 1. The van der Waals surface area contributed by atoms with E-state index in [9.17, 15) is 14.4 Å². The van der Waals surface area contributed by atoms with Crippen LogP contribution >= 0.6 is 46.4 Å². The molecule has 3 rings (SSSR count). The summed E-state index contributed by atoms with van der Waals surface area (Å²) >= 11 is 24.6. The molecule has 1 amide bonds. The molecular formula is C19H12Cl4N2O4. The van der Waals surface area contributed by atoms with Gasteiger partial charge in [-0.2, -0.15) is 0 Å². The van der Waals surface area contributed by atoms with E-state index in [-0.39, 0.29) is 34.4 Å². The van der Waals surface area contributed by atoms with Crippen LogP contribution in [0.1, 0.15) is 21.5 Å². The predicted molar refractivity (Wildman–Crippen MR) is 114 cm³/mol. The number of hydrogen-bond donors (Lipinski definition) is 3. The van der Waals surface area contributed by atoms with E-state index in [1.54, 1.807) is 18.2 Å². The number of rotatable bonds is 5. The number of benzene rings is 2. The van der Waals surface area contributed by atoms with Crippen molar-refractivity contribution in [3.63, 3.8) is 0 Å². The highest BCUT2D eigenvalue weighted by Gasteiger charge is 2.17. The SMILES string of the molecule is O=C(Cc1c(Cl)cccc1Cl)NCc1c(Cl)c(Cl)cc2cc(C(=O)O)c(=O)[nH]c12. The van der Waals surface area contributed by atoms with Gasteiger partial charge in [-0.05, 0) is 29.8 Å². The van der Waals surface area contributed by atoms with Crippen molar-refractivity contribution >= 4 is 69.2 Å². The number of hydrogen-bond acceptors (Lipinski definition) is 3. The van der Waals surface area contributed by atoms with Gasteiger partial charge >= 0.3 is 5.97 Å². The summed E-state index contributed by atoms with van der Waals surface area (Å²) in [6.45, 7) is -0.0564. The molecule has 29 heavy (non-hydrogen) atoms. The Kier molecular flexibility index (Phi) is 6.39. The van der Waals surface area contributed by atoms with Gasteiger partial charge < -0.3 is 15.4 Å². The van der Waals surface area contributed by atoms with Crippen LogP contribution in [0, 0.1) is 0 Å². The fourth-order valence-electron chi connectivity index (χ4n) is 2.80. The van der Waals surface area contributed by atoms with Crippen LogP contribution in [0.25, 0.3) is 10.9 Å². The normalized spacial score (nSPS) is 10.9. The molecule has 2 aromatic carbocycles. The number of fused-ring (bicyclic) bond motifs is 1. The third kappa shape index (κ3) is 4.51. The second kappa shape index (κ2) is 8.63. The Morgan fingerprint density at radius 3 is 2.28 bits per heavy atom. The second-order valence-electron chi connectivity index (χ2n) is 6.09. The number of carboxylic acids is 1. The third-order valence-corrected chi connectivity index (χ3v) is 5.76. The van der Waals surface area contributed by atoms with Gasteiger partial charge in [0.05, 0.1) is 22.0 Å². The molecule has 3 N–H and O–H groups in total. The maximum absolute atomic E-state index is 12.4. The Balaban J connectivity index is 1.92. The van der Waals surface area contributed by atoms with Gasteiger partial charge in [0, 0.05) is 27.5 Å². The minimum absolute atomic E-state index is 0.0564. The minimum Gasteiger partial charge on any atom is -0.477 e. The molecule has 0 bridgehead atoms. The molecule has 0 aliphatic rings. The van der Waals surface area contributed by atoms with Gasteiger partial charge in [-0.25, -0.2) is 4.79 Å². The molecule has 10 heteroatoms. The van der Waals surface area contributed by atoms with Crippen molar-refractivity contribution in [2.75, 3.05) is 0 Å². The summed E-state index contributed by atoms with van der Waals surface area (Å²) in [6.07, 6.45) is -0.0612. The summed E-state index contributed by atoms with van der Waals surface area (Å²) in [5, 5.41) is 13.2. The quantitative estimate of drug-likeness (QED) is 0.500. The number of carbonyl (C=O) groups is 2. The molecule has 0 saturated carbocycles. The van der Waals surface area contributed by atoms with Gasteiger partial charge in [0.25, 0.3) is 5.56 Å². The minimum atomic E-state index is -1.37. The van der Waals surface area contributed by atoms with Crippen LogP contribution in [0.3, 0.4) is 0 Å². The monoisotopic (exact) mass is 472 g/mol. The van der Waals surface area contributed by atoms with E-state index < -0.39 is 17.1 Å². The Labute approximate surface area is 184 Å². The predicted octanol–water partition coefficient (Wildman–Crippen LogP) is 4.70. The van der Waals surface area contributed by atoms with Crippen LogP contribution < -0.4 is 10.9 Å². The number of nitrogens with one attached hydrogen (secondary N) is 2. The third-order valence-electron chi connectivity index (χ3n) is 4.22. The largest absolute Gasteiger partial charge is 0.477 e. The number of halogens is 4. The molecule has 0 fully saturated rings. The molecule has 0 aliphatic carbocycles. The summed E-state index contributed by atoms with van der Waals surface area (Å²) < 4.78 is 0. The van der Waals surface area contributed by atoms with Crippen LogP contribution in [0.15, 0.2) is 35.1 Å². The Bertz CT molecular complexity index is 1190. The van der Waals surface area contributed by atoms with E-state index in [0.29, 0.717) is 26.6 Å². The Hall–Kier alpha value is -2.25. The molecule has 150 valence electrons. The van der Waals surface area contributed by atoms with E-state index >= 15 is 0 Å². The number of carbonyl (C=O) groups excluding carboxylic acids is 1. The molecule has 1 aromatic heterocycles. The van der Waals surface area contributed by atoms with Gasteiger partial charge in [0.2, 0.25) is 5.91 Å². The first-order valence-electron chi connectivity index (χ1n) is 8.15. The average molecular weight is 474 g/mol. The van der Waals surface area contributed by atoms with Crippen molar-refractivity contribution in [3.8, 4) is 0 Å². The van der Waals surface area contributed by atoms with Crippen LogP contribution in [0.5, 0.6) is 0 Å². The standard InChI is InChI=1S/C19H12Cl4N2O4/c20-12-2-1-3-13(21)9(12)6-15(26)24-7-11-16(23)14(22)5-8-4-10(19(28)29)18(27)25-17(8)11/h1-5H,6-7H2,(H,24,26)(H,25,27)(H,28,29). The molecule has 0 radical (unpaired) electrons. The zero-order chi connectivity index (χ0) is 21.3. The van der Waals surface area contributed by atoms with Gasteiger partial charge in [0.15, 0.2) is 0 Å². The summed E-state index contributed by atoms with van der Waals surface area (Å²) in [4.78, 5) is 38.1. The zero-order valence-electron chi connectivity index (χ0n) is 14.5. The summed E-state index contributed by atoms with van der Waals surface area (Å²) in [6, 6.07) is 7.57. The van der Waals surface area contributed by atoms with Crippen LogP contribution in [-0.2, 0) is 17.8 Å². The van der Waals surface area contributed by atoms with E-state index in [1.165, 1.54) is 12.1 Å². The van der Waals surface area contributed by atoms with Crippen molar-refractivity contribution in [2.45, 2.75) is 13.0 Å². The molecule has 0 atom stereocenters. The molecule has 0 spiro atoms. The zero-order valence-corrected chi connectivity index (χ0v) is 17.5. The summed E-state index contributed by atoms with van der Waals surface area (Å²) in [7, 11) is 0. The second-order valence-corrected chi connectivity index (χ2v) is 7.69. The summed E-state index contributed by atoms with van der Waals surface area (Å²) in [5.74, 6) is -1.75. The highest BCUT2D eigenvalue weighted by molar-refractivity contribution is 6.43. The van der Waals surface area contributed by atoms with Crippen molar-refractivity contribution in [3.05, 3.63) is 77.5 Å². The van der Waals surface area contributed by atoms with Gasteiger partial charge in [-0.1, -0.05) is 52.5 Å². The highest BCUT2D eigenvalue weighted by atomic mass is 35.5. The lowest BCUT2D eigenvalue weighted by atomic mass is 10.1. The van der Waals surface area contributed by atoms with Crippen molar-refractivity contribution in [1.29, 1.82) is 0 Å². The number of aromatic nitrogens is 1. The van der Waals surface area contributed by atoms with Gasteiger partial charge in [0.1, 0.15) is 5.56 Å².